The average Bonchev–Trinajstić information content (AvgIpc) is 2.42. The van der Waals surface area contributed by atoms with E-state index in [1.54, 1.807) is 39.0 Å². The SMILES string of the molecule is COc1ccc(Br)c(C(O)C(O)CNC(=O)OC(C)(C)C)c1. The Morgan fingerprint density at radius 1 is 1.36 bits per heavy atom. The number of ether oxygens (including phenoxy) is 2. The third-order valence-corrected chi connectivity index (χ3v) is 3.46. The van der Waals surface area contributed by atoms with Gasteiger partial charge in [-0.1, -0.05) is 15.9 Å². The molecule has 0 spiro atoms. The quantitative estimate of drug-likeness (QED) is 0.735. The number of hydrogen-bond acceptors (Lipinski definition) is 5. The lowest BCUT2D eigenvalue weighted by Gasteiger charge is -2.23. The first kappa shape index (κ1) is 18.7. The van der Waals surface area contributed by atoms with Crippen molar-refractivity contribution in [2.45, 2.75) is 38.6 Å². The summed E-state index contributed by atoms with van der Waals surface area (Å²) in [6.07, 6.45) is -3.02. The van der Waals surface area contributed by atoms with Crippen LogP contribution >= 0.6 is 15.9 Å². The summed E-state index contributed by atoms with van der Waals surface area (Å²) in [5.41, 5.74) is -0.151. The number of aliphatic hydroxyl groups excluding tert-OH is 2. The Hall–Kier alpha value is -1.31. The highest BCUT2D eigenvalue weighted by molar-refractivity contribution is 9.10. The summed E-state index contributed by atoms with van der Waals surface area (Å²) in [6, 6.07) is 5.06. The Morgan fingerprint density at radius 2 is 2.00 bits per heavy atom. The molecule has 0 fully saturated rings. The molecule has 124 valence electrons. The monoisotopic (exact) mass is 375 g/mol. The van der Waals surface area contributed by atoms with Crippen LogP contribution in [0.25, 0.3) is 0 Å². The van der Waals surface area contributed by atoms with Crippen molar-refractivity contribution in [3.63, 3.8) is 0 Å². The average molecular weight is 376 g/mol. The Balaban J connectivity index is 2.65. The summed E-state index contributed by atoms with van der Waals surface area (Å²) in [5.74, 6) is 0.560. The van der Waals surface area contributed by atoms with Crippen molar-refractivity contribution >= 4 is 22.0 Å². The molecule has 7 heteroatoms. The first-order chi connectivity index (χ1) is 10.1. The third-order valence-electron chi connectivity index (χ3n) is 2.74. The predicted molar refractivity (Wildman–Crippen MR) is 85.9 cm³/mol. The number of amides is 1. The molecule has 1 aromatic rings. The highest BCUT2D eigenvalue weighted by atomic mass is 79.9. The largest absolute Gasteiger partial charge is 0.497 e. The van der Waals surface area contributed by atoms with Crippen LogP contribution in [-0.4, -0.2) is 41.7 Å². The van der Waals surface area contributed by atoms with Crippen molar-refractivity contribution in [3.05, 3.63) is 28.2 Å². The van der Waals surface area contributed by atoms with Crippen molar-refractivity contribution < 1.29 is 24.5 Å². The van der Waals surface area contributed by atoms with Crippen LogP contribution in [0.3, 0.4) is 0 Å². The summed E-state index contributed by atoms with van der Waals surface area (Å²) in [6.45, 7) is 5.08. The number of methoxy groups -OCH3 is 1. The molecule has 6 nitrogen and oxygen atoms in total. The highest BCUT2D eigenvalue weighted by Crippen LogP contribution is 2.29. The summed E-state index contributed by atoms with van der Waals surface area (Å²) in [5, 5.41) is 22.7. The molecule has 0 aliphatic heterocycles. The molecule has 0 saturated carbocycles. The van der Waals surface area contributed by atoms with Crippen molar-refractivity contribution in [2.75, 3.05) is 13.7 Å². The molecular formula is C15H22BrNO5. The van der Waals surface area contributed by atoms with E-state index in [0.717, 1.165) is 0 Å². The minimum absolute atomic E-state index is 0.139. The van der Waals surface area contributed by atoms with Gasteiger partial charge < -0.3 is 25.0 Å². The lowest BCUT2D eigenvalue weighted by atomic mass is 10.0. The molecule has 22 heavy (non-hydrogen) atoms. The van der Waals surface area contributed by atoms with E-state index >= 15 is 0 Å². The van der Waals surface area contributed by atoms with Crippen LogP contribution in [0.5, 0.6) is 5.75 Å². The second kappa shape index (κ2) is 7.80. The molecule has 2 atom stereocenters. The fourth-order valence-electron chi connectivity index (χ4n) is 1.70. The standard InChI is InChI=1S/C15H22BrNO5/c1-15(2,3)22-14(20)17-8-12(18)13(19)10-7-9(21-4)5-6-11(10)16/h5-7,12-13,18-19H,8H2,1-4H3,(H,17,20). The number of aliphatic hydroxyl groups is 2. The number of alkyl carbamates (subject to hydrolysis) is 1. The fraction of sp³-hybridized carbons (Fsp3) is 0.533. The number of halogens is 1. The van der Waals surface area contributed by atoms with Gasteiger partial charge in [0.1, 0.15) is 23.6 Å². The molecule has 0 heterocycles. The Morgan fingerprint density at radius 3 is 2.55 bits per heavy atom. The zero-order valence-corrected chi connectivity index (χ0v) is 14.7. The molecule has 3 N–H and O–H groups in total. The first-order valence-electron chi connectivity index (χ1n) is 6.80. The molecule has 0 radical (unpaired) electrons. The fourth-order valence-corrected chi connectivity index (χ4v) is 2.18. The lowest BCUT2D eigenvalue weighted by molar-refractivity contribution is 0.0125. The number of benzene rings is 1. The summed E-state index contributed by atoms with van der Waals surface area (Å²) in [7, 11) is 1.51. The molecule has 1 amide bonds. The van der Waals surface area contributed by atoms with Crippen LogP contribution in [-0.2, 0) is 4.74 Å². The van der Waals surface area contributed by atoms with Gasteiger partial charge in [0.25, 0.3) is 0 Å². The van der Waals surface area contributed by atoms with Crippen LogP contribution in [0.1, 0.15) is 32.4 Å². The molecule has 1 rings (SSSR count). The van der Waals surface area contributed by atoms with Crippen LogP contribution in [0.2, 0.25) is 0 Å². The van der Waals surface area contributed by atoms with Crippen LogP contribution in [0.15, 0.2) is 22.7 Å². The van der Waals surface area contributed by atoms with E-state index in [1.165, 1.54) is 7.11 Å². The van der Waals surface area contributed by atoms with Crippen LogP contribution < -0.4 is 10.1 Å². The highest BCUT2D eigenvalue weighted by Gasteiger charge is 2.23. The van der Waals surface area contributed by atoms with Gasteiger partial charge in [-0.2, -0.15) is 0 Å². The zero-order chi connectivity index (χ0) is 16.9. The number of nitrogens with one attached hydrogen (secondary N) is 1. The number of carbonyl (C=O) groups is 1. The maximum atomic E-state index is 11.5. The molecule has 1 aromatic carbocycles. The summed E-state index contributed by atoms with van der Waals surface area (Å²) < 4.78 is 10.8. The van der Waals surface area contributed by atoms with Gasteiger partial charge in [0.2, 0.25) is 0 Å². The second-order valence-electron chi connectivity index (χ2n) is 5.78. The Kier molecular flexibility index (Phi) is 6.65. The van der Waals surface area contributed by atoms with Gasteiger partial charge in [-0.25, -0.2) is 4.79 Å². The second-order valence-corrected chi connectivity index (χ2v) is 6.64. The van der Waals surface area contributed by atoms with E-state index in [2.05, 4.69) is 21.2 Å². The molecule has 0 aliphatic carbocycles. The van der Waals surface area contributed by atoms with E-state index in [1.807, 2.05) is 0 Å². The van der Waals surface area contributed by atoms with Crippen LogP contribution in [0.4, 0.5) is 4.79 Å². The zero-order valence-electron chi connectivity index (χ0n) is 13.1. The van der Waals surface area contributed by atoms with E-state index in [4.69, 9.17) is 9.47 Å². The molecule has 0 saturated heterocycles. The van der Waals surface area contributed by atoms with Gasteiger partial charge in [-0.3, -0.25) is 0 Å². The minimum Gasteiger partial charge on any atom is -0.497 e. The van der Waals surface area contributed by atoms with Gasteiger partial charge >= 0.3 is 6.09 Å². The minimum atomic E-state index is -1.18. The predicted octanol–water partition coefficient (Wildman–Crippen LogP) is 2.38. The Bertz CT molecular complexity index is 515. The number of rotatable bonds is 5. The van der Waals surface area contributed by atoms with Crippen molar-refractivity contribution in [3.8, 4) is 5.75 Å². The van der Waals surface area contributed by atoms with Crippen molar-refractivity contribution in [1.29, 1.82) is 0 Å². The maximum absolute atomic E-state index is 11.5. The Labute approximate surface area is 138 Å². The molecular weight excluding hydrogens is 354 g/mol. The van der Waals surface area contributed by atoms with Crippen molar-refractivity contribution in [2.24, 2.45) is 0 Å². The molecule has 0 aromatic heterocycles. The summed E-state index contributed by atoms with van der Waals surface area (Å²) in [4.78, 5) is 11.5. The van der Waals surface area contributed by atoms with E-state index in [0.29, 0.717) is 15.8 Å². The topological polar surface area (TPSA) is 88.0 Å². The summed E-state index contributed by atoms with van der Waals surface area (Å²) >= 11 is 3.31. The number of carbonyl (C=O) groups excluding carboxylic acids is 1. The molecule has 0 bridgehead atoms. The lowest BCUT2D eigenvalue weighted by Crippen LogP contribution is -2.38. The number of hydrogen-bond donors (Lipinski definition) is 3. The van der Waals surface area contributed by atoms with E-state index in [-0.39, 0.29) is 6.54 Å². The first-order valence-corrected chi connectivity index (χ1v) is 7.59. The van der Waals surface area contributed by atoms with Gasteiger partial charge in [0.15, 0.2) is 0 Å². The third kappa shape index (κ3) is 5.82. The van der Waals surface area contributed by atoms with Gasteiger partial charge in [0, 0.05) is 16.6 Å². The van der Waals surface area contributed by atoms with Gasteiger partial charge in [-0.05, 0) is 39.0 Å². The molecule has 2 unspecified atom stereocenters. The van der Waals surface area contributed by atoms with E-state index < -0.39 is 23.9 Å². The van der Waals surface area contributed by atoms with Crippen LogP contribution in [0, 0.1) is 0 Å². The molecule has 0 aliphatic rings. The maximum Gasteiger partial charge on any atom is 0.407 e. The smallest absolute Gasteiger partial charge is 0.407 e. The normalized spacial score (nSPS) is 14.1. The van der Waals surface area contributed by atoms with Crippen molar-refractivity contribution in [1.82, 2.24) is 5.32 Å². The van der Waals surface area contributed by atoms with Gasteiger partial charge in [0.05, 0.1) is 7.11 Å². The van der Waals surface area contributed by atoms with E-state index in [9.17, 15) is 15.0 Å². The van der Waals surface area contributed by atoms with Gasteiger partial charge in [-0.15, -0.1) is 0 Å².